The van der Waals surface area contributed by atoms with Crippen LogP contribution in [0.3, 0.4) is 0 Å². The van der Waals surface area contributed by atoms with Crippen LogP contribution in [0.4, 0.5) is 9.93 Å². The van der Waals surface area contributed by atoms with Gasteiger partial charge in [0.2, 0.25) is 6.79 Å². The number of nitrogens with zero attached hydrogens (tertiary/aromatic N) is 3. The number of anilines is 1. The number of hydrogen-bond acceptors (Lipinski definition) is 7. The van der Waals surface area contributed by atoms with Crippen LogP contribution in [0.2, 0.25) is 0 Å². The number of hydrogen-bond donors (Lipinski definition) is 1. The third-order valence-corrected chi connectivity index (χ3v) is 6.95. The van der Waals surface area contributed by atoms with Crippen LogP contribution in [-0.2, 0) is 4.74 Å². The maximum Gasteiger partial charge on any atom is 0.324 e. The van der Waals surface area contributed by atoms with Crippen LogP contribution in [-0.4, -0.2) is 67.1 Å². The van der Waals surface area contributed by atoms with E-state index in [4.69, 9.17) is 19.2 Å². The van der Waals surface area contributed by atoms with Crippen LogP contribution in [0.5, 0.6) is 11.5 Å². The molecule has 27 heavy (non-hydrogen) atoms. The fourth-order valence-electron chi connectivity index (χ4n) is 4.42. The predicted octanol–water partition coefficient (Wildman–Crippen LogP) is 1.79. The van der Waals surface area contributed by atoms with Gasteiger partial charge in [-0.1, -0.05) is 11.3 Å². The SMILES string of the molecule is O=C1N[C@H]2CCCN(C3COC3)C[C@H]2N1c1nc2c3c(ccc2s1)OCO3. The molecule has 1 N–H and O–H groups in total. The van der Waals surface area contributed by atoms with Gasteiger partial charge in [0.15, 0.2) is 16.6 Å². The van der Waals surface area contributed by atoms with Crippen LogP contribution in [0.15, 0.2) is 12.1 Å². The van der Waals surface area contributed by atoms with Gasteiger partial charge in [0, 0.05) is 6.54 Å². The van der Waals surface area contributed by atoms with E-state index < -0.39 is 0 Å². The summed E-state index contributed by atoms with van der Waals surface area (Å²) in [4.78, 5) is 21.9. The van der Waals surface area contributed by atoms with Gasteiger partial charge in [0.25, 0.3) is 0 Å². The Labute approximate surface area is 160 Å². The molecular weight excluding hydrogens is 368 g/mol. The van der Waals surface area contributed by atoms with Crippen molar-refractivity contribution in [2.45, 2.75) is 31.0 Å². The lowest BCUT2D eigenvalue weighted by atomic mass is 10.1. The van der Waals surface area contributed by atoms with Gasteiger partial charge in [-0.2, -0.15) is 0 Å². The molecule has 2 amide bonds. The summed E-state index contributed by atoms with van der Waals surface area (Å²) in [6.07, 6.45) is 2.08. The van der Waals surface area contributed by atoms with E-state index in [0.29, 0.717) is 17.5 Å². The summed E-state index contributed by atoms with van der Waals surface area (Å²) in [5.41, 5.74) is 0.777. The average Bonchev–Trinajstić information content (AvgIpc) is 3.27. The van der Waals surface area contributed by atoms with E-state index >= 15 is 0 Å². The maximum atomic E-state index is 12.8. The lowest BCUT2D eigenvalue weighted by Crippen LogP contribution is -2.54. The van der Waals surface area contributed by atoms with Crippen molar-refractivity contribution in [3.63, 3.8) is 0 Å². The first-order chi connectivity index (χ1) is 13.3. The molecular formula is C18H20N4O4S. The van der Waals surface area contributed by atoms with Crippen molar-refractivity contribution in [3.05, 3.63) is 12.1 Å². The Morgan fingerprint density at radius 2 is 2.19 bits per heavy atom. The Hall–Kier alpha value is -2.10. The highest BCUT2D eigenvalue weighted by molar-refractivity contribution is 7.22. The fourth-order valence-corrected chi connectivity index (χ4v) is 5.44. The summed E-state index contributed by atoms with van der Waals surface area (Å²) in [5, 5.41) is 3.90. The quantitative estimate of drug-likeness (QED) is 0.845. The molecule has 8 nitrogen and oxygen atoms in total. The maximum absolute atomic E-state index is 12.8. The van der Waals surface area contributed by atoms with Crippen molar-refractivity contribution in [2.24, 2.45) is 0 Å². The zero-order chi connectivity index (χ0) is 18.0. The van der Waals surface area contributed by atoms with Crippen LogP contribution in [0, 0.1) is 0 Å². The molecule has 142 valence electrons. The number of rotatable bonds is 2. The molecule has 4 aliphatic heterocycles. The molecule has 0 spiro atoms. The van der Waals surface area contributed by atoms with Crippen molar-refractivity contribution in [1.82, 2.24) is 15.2 Å². The molecule has 3 fully saturated rings. The summed E-state index contributed by atoms with van der Waals surface area (Å²) < 4.78 is 17.4. The molecule has 0 radical (unpaired) electrons. The zero-order valence-corrected chi connectivity index (χ0v) is 15.5. The number of carbonyl (C=O) groups is 1. The van der Waals surface area contributed by atoms with Crippen molar-refractivity contribution in [3.8, 4) is 11.5 Å². The van der Waals surface area contributed by atoms with E-state index in [-0.39, 0.29) is 24.9 Å². The van der Waals surface area contributed by atoms with Crippen LogP contribution < -0.4 is 19.7 Å². The molecule has 4 aliphatic rings. The molecule has 6 rings (SSSR count). The number of nitrogens with one attached hydrogen (secondary N) is 1. The molecule has 1 aromatic heterocycles. The molecule has 0 bridgehead atoms. The Morgan fingerprint density at radius 3 is 3.04 bits per heavy atom. The number of ether oxygens (including phenoxy) is 3. The normalized spacial score (nSPS) is 28.1. The van der Waals surface area contributed by atoms with Crippen LogP contribution in [0.25, 0.3) is 10.2 Å². The summed E-state index contributed by atoms with van der Waals surface area (Å²) in [7, 11) is 0. The first-order valence-corrected chi connectivity index (χ1v) is 10.2. The number of thiazole rings is 1. The number of benzene rings is 1. The topological polar surface area (TPSA) is 76.2 Å². The number of aromatic nitrogens is 1. The van der Waals surface area contributed by atoms with Crippen LogP contribution in [0.1, 0.15) is 12.8 Å². The smallest absolute Gasteiger partial charge is 0.324 e. The van der Waals surface area contributed by atoms with E-state index in [1.54, 1.807) is 0 Å². The van der Waals surface area contributed by atoms with E-state index in [9.17, 15) is 4.79 Å². The molecule has 5 heterocycles. The molecule has 3 saturated heterocycles. The minimum Gasteiger partial charge on any atom is -0.454 e. The Kier molecular flexibility index (Phi) is 3.51. The van der Waals surface area contributed by atoms with Gasteiger partial charge in [-0.25, -0.2) is 9.78 Å². The van der Waals surface area contributed by atoms with Crippen LogP contribution >= 0.6 is 11.3 Å². The van der Waals surface area contributed by atoms with E-state index in [1.165, 1.54) is 11.3 Å². The largest absolute Gasteiger partial charge is 0.454 e. The van der Waals surface area contributed by atoms with Crippen molar-refractivity contribution < 1.29 is 19.0 Å². The third kappa shape index (κ3) is 2.41. The second-order valence-corrected chi connectivity index (χ2v) is 8.47. The van der Waals surface area contributed by atoms with Gasteiger partial charge in [-0.15, -0.1) is 0 Å². The summed E-state index contributed by atoms with van der Waals surface area (Å²) >= 11 is 1.53. The van der Waals surface area contributed by atoms with Gasteiger partial charge in [0.05, 0.1) is 36.0 Å². The zero-order valence-electron chi connectivity index (χ0n) is 14.7. The first kappa shape index (κ1) is 15.9. The number of urea groups is 1. The van der Waals surface area contributed by atoms with E-state index in [2.05, 4.69) is 10.2 Å². The number of amides is 2. The monoisotopic (exact) mass is 388 g/mol. The van der Waals surface area contributed by atoms with Gasteiger partial charge >= 0.3 is 6.03 Å². The lowest BCUT2D eigenvalue weighted by molar-refractivity contribution is -0.0646. The predicted molar refractivity (Wildman–Crippen MR) is 99.7 cm³/mol. The van der Waals surface area contributed by atoms with Crippen molar-refractivity contribution in [2.75, 3.05) is 38.0 Å². The van der Waals surface area contributed by atoms with Gasteiger partial charge in [-0.05, 0) is 31.5 Å². The summed E-state index contributed by atoms with van der Waals surface area (Å²) in [6, 6.07) is 4.58. The standard InChI is InChI=1S/C18H20N4O4S/c23-17-19-11-2-1-5-21(10-7-24-8-10)6-12(11)22(17)18-20-15-14(27-18)4-3-13-16(15)26-9-25-13/h3-4,10-12H,1-2,5-9H2,(H,19,23)/t11-,12+/m0/s1. The highest BCUT2D eigenvalue weighted by atomic mass is 32.1. The molecule has 9 heteroatoms. The highest BCUT2D eigenvalue weighted by Gasteiger charge is 2.45. The minimum absolute atomic E-state index is 0.0513. The van der Waals surface area contributed by atoms with Crippen molar-refractivity contribution >= 4 is 32.7 Å². The second kappa shape index (κ2) is 5.95. The third-order valence-electron chi connectivity index (χ3n) is 5.93. The molecule has 2 aromatic rings. The lowest BCUT2D eigenvalue weighted by Gasteiger charge is -2.38. The number of fused-ring (bicyclic) bond motifs is 4. The fraction of sp³-hybridized carbons (Fsp3) is 0.556. The molecule has 0 unspecified atom stereocenters. The average molecular weight is 388 g/mol. The number of carbonyl (C=O) groups excluding carboxylic acids is 1. The minimum atomic E-state index is -0.0513. The van der Waals surface area contributed by atoms with Gasteiger partial charge < -0.3 is 19.5 Å². The molecule has 2 atom stereocenters. The van der Waals surface area contributed by atoms with E-state index in [0.717, 1.165) is 54.5 Å². The van der Waals surface area contributed by atoms with Gasteiger partial charge in [-0.3, -0.25) is 9.80 Å². The second-order valence-electron chi connectivity index (χ2n) is 7.46. The molecule has 0 aliphatic carbocycles. The Morgan fingerprint density at radius 1 is 1.26 bits per heavy atom. The first-order valence-electron chi connectivity index (χ1n) is 9.38. The molecule has 0 saturated carbocycles. The van der Waals surface area contributed by atoms with Gasteiger partial charge in [0.1, 0.15) is 5.52 Å². The highest BCUT2D eigenvalue weighted by Crippen LogP contribution is 2.43. The summed E-state index contributed by atoms with van der Waals surface area (Å²) in [6.45, 7) is 3.72. The summed E-state index contributed by atoms with van der Waals surface area (Å²) in [5.74, 6) is 1.40. The Bertz CT molecular complexity index is 914. The van der Waals surface area contributed by atoms with E-state index in [1.807, 2.05) is 17.0 Å². The molecule has 1 aromatic carbocycles. The Balaban J connectivity index is 1.37. The number of likely N-dealkylation sites (tertiary alicyclic amines) is 1. The van der Waals surface area contributed by atoms with Crippen molar-refractivity contribution in [1.29, 1.82) is 0 Å².